The molecule has 1 saturated heterocycles. The number of halogens is 2. The molecule has 1 aromatic heterocycles. The number of benzene rings is 2. The van der Waals surface area contributed by atoms with E-state index in [1.54, 1.807) is 48.5 Å². The molecular formula is C50H60F2N11O16S2+. The van der Waals surface area contributed by atoms with Gasteiger partial charge in [0.15, 0.2) is 6.61 Å². The van der Waals surface area contributed by atoms with Gasteiger partial charge in [-0.05, 0) is 60.7 Å². The molecule has 2 heterocycles. The van der Waals surface area contributed by atoms with Crippen LogP contribution in [0.3, 0.4) is 0 Å². The van der Waals surface area contributed by atoms with Crippen molar-refractivity contribution in [2.45, 2.75) is 94.0 Å². The Balaban J connectivity index is 1.29. The monoisotopic (exact) mass is 1170 g/mol. The minimum atomic E-state index is -3.22. The topological polar surface area (TPSA) is 402 Å². The van der Waals surface area contributed by atoms with Gasteiger partial charge in [0.2, 0.25) is 54.4 Å². The second kappa shape index (κ2) is 31.3. The number of thiol groups is 2. The fourth-order valence-corrected chi connectivity index (χ4v) is 8.47. The van der Waals surface area contributed by atoms with Crippen LogP contribution in [-0.2, 0) is 47.9 Å². The van der Waals surface area contributed by atoms with Crippen LogP contribution in [0.15, 0.2) is 54.7 Å². The summed E-state index contributed by atoms with van der Waals surface area (Å²) < 4.78 is 34.1. The van der Waals surface area contributed by atoms with E-state index in [0.29, 0.717) is 32.5 Å². The Kier molecular flexibility index (Phi) is 25.1. The molecule has 0 saturated carbocycles. The average Bonchev–Trinajstić information content (AvgIpc) is 3.88. The molecule has 1 aliphatic rings. The molecule has 1 aliphatic heterocycles. The molecule has 4 rings (SSSR count). The van der Waals surface area contributed by atoms with Crippen molar-refractivity contribution in [2.75, 3.05) is 50.8 Å². The van der Waals surface area contributed by atoms with Crippen molar-refractivity contribution in [3.63, 3.8) is 0 Å². The number of nitriles is 1. The molecule has 0 spiro atoms. The number of aliphatic carboxylic acids is 3. The standard InChI is InChI=1S/C50H59F2N11O16S2/c1-27(64)57-36(9-12-42(68)69)46(74)60-39(25-81)49(77)59-37(10-13-43(70)71)47(75)61-38(24-80)48(76)58-35(8-11-41(66)67)45(73)55-16-17-62(78)18-19-79-31-5-2-28(3-6-31)29-4-7-34-33(20-29)32(14-15-54-34)44(72)56-23-40(65)63-26-50(51,52)21-30(63)22-53/h2-7,14-15,20,30,35-39H,8-13,16-19,21,23-26H2,1H3,(H11-,55,56,57,58,59,60,61,64,66,67,68,69,70,71,72,73,74,75,76,77,80,81)/p+1/t30-,35-,36-,37-,38-,39-/m0/s1. The quantitative estimate of drug-likeness (QED) is 0.0279. The summed E-state index contributed by atoms with van der Waals surface area (Å²) in [5.74, 6) is -14.9. The third-order valence-electron chi connectivity index (χ3n) is 12.1. The minimum Gasteiger partial charge on any atom is -0.487 e. The maximum absolute atomic E-state index is 13.9. The van der Waals surface area contributed by atoms with E-state index in [-0.39, 0.29) is 44.0 Å². The number of likely N-dealkylation sites (tertiary alicyclic amines) is 1. The van der Waals surface area contributed by atoms with Crippen molar-refractivity contribution in [1.29, 1.82) is 5.26 Å². The van der Waals surface area contributed by atoms with Crippen LogP contribution in [0.1, 0.15) is 62.2 Å². The zero-order valence-electron chi connectivity index (χ0n) is 43.4. The number of nitrogens with one attached hydrogen (secondary N) is 7. The van der Waals surface area contributed by atoms with Crippen molar-refractivity contribution in [3.8, 4) is 22.9 Å². The number of fused-ring (bicyclic) bond motifs is 1. The van der Waals surface area contributed by atoms with E-state index in [9.17, 15) is 81.9 Å². The Labute approximate surface area is 471 Å². The van der Waals surface area contributed by atoms with E-state index < -0.39 is 165 Å². The second-order valence-corrected chi connectivity index (χ2v) is 19.0. The number of nitrogens with zero attached hydrogens (tertiary/aromatic N) is 4. The molecule has 8 amide bonds. The van der Waals surface area contributed by atoms with Gasteiger partial charge in [0.25, 0.3) is 11.8 Å². The SMILES string of the molecule is CC(=O)N[C@@H](CCC(=O)O)C(=O)N[C@@H](CS)C(=O)N[C@@H](CCC(=O)O)C(=O)N[C@@H](CS)C(=O)N[C@@H](CCC(=O)O)C(=O)NCC[N+](=O)CCOc1ccc(-c2ccc3nccc(C(=O)NCC(=O)N4CC(F)(F)C[C@H]4C#N)c3c2)cc1. The first-order valence-electron chi connectivity index (χ1n) is 24.9. The first-order chi connectivity index (χ1) is 38.3. The number of carboxylic acid groups (broad SMARTS) is 3. The van der Waals surface area contributed by atoms with Crippen molar-refractivity contribution < 1.29 is 86.3 Å². The predicted molar refractivity (Wildman–Crippen MR) is 286 cm³/mol. The molecule has 31 heteroatoms. The lowest BCUT2D eigenvalue weighted by molar-refractivity contribution is -0.548. The van der Waals surface area contributed by atoms with Crippen LogP contribution in [0.25, 0.3) is 22.0 Å². The van der Waals surface area contributed by atoms with Crippen LogP contribution in [-0.4, -0.2) is 188 Å². The molecule has 10 N–H and O–H groups in total. The Morgan fingerprint density at radius 3 is 1.75 bits per heavy atom. The smallest absolute Gasteiger partial charge is 0.303 e. The van der Waals surface area contributed by atoms with Crippen molar-refractivity contribution in [3.05, 3.63) is 65.2 Å². The van der Waals surface area contributed by atoms with Gasteiger partial charge in [-0.2, -0.15) is 30.5 Å². The van der Waals surface area contributed by atoms with Gasteiger partial charge in [0.05, 0.1) is 36.8 Å². The number of hydrogen-bond donors (Lipinski definition) is 12. The highest BCUT2D eigenvalue weighted by Crippen LogP contribution is 2.32. The maximum atomic E-state index is 13.9. The summed E-state index contributed by atoms with van der Waals surface area (Å²) in [6.45, 7) is -1.30. The van der Waals surface area contributed by atoms with E-state index in [0.717, 1.165) is 11.8 Å². The van der Waals surface area contributed by atoms with Crippen molar-refractivity contribution >= 4 is 101 Å². The van der Waals surface area contributed by atoms with Gasteiger partial charge >= 0.3 is 17.9 Å². The summed E-state index contributed by atoms with van der Waals surface area (Å²) in [4.78, 5) is 156. The predicted octanol–water partition coefficient (Wildman–Crippen LogP) is -0.437. The summed E-state index contributed by atoms with van der Waals surface area (Å²) in [6.07, 6.45) is -2.52. The Morgan fingerprint density at radius 1 is 0.728 bits per heavy atom. The van der Waals surface area contributed by atoms with E-state index in [1.807, 2.05) is 0 Å². The van der Waals surface area contributed by atoms with E-state index in [1.165, 1.54) is 12.3 Å². The number of alkyl halides is 2. The van der Waals surface area contributed by atoms with E-state index >= 15 is 0 Å². The number of ether oxygens (including phenoxy) is 1. The molecule has 6 atom stereocenters. The zero-order valence-corrected chi connectivity index (χ0v) is 45.1. The molecular weight excluding hydrogens is 1110 g/mol. The zero-order chi connectivity index (χ0) is 60.0. The molecule has 27 nitrogen and oxygen atoms in total. The Morgan fingerprint density at radius 2 is 1.23 bits per heavy atom. The highest BCUT2D eigenvalue weighted by atomic mass is 32.1. The normalized spacial score (nSPS) is 15.2. The molecule has 0 radical (unpaired) electrons. The number of rotatable bonds is 32. The first-order valence-corrected chi connectivity index (χ1v) is 26.1. The van der Waals surface area contributed by atoms with Crippen molar-refractivity contribution in [1.82, 2.24) is 47.1 Å². The Bertz CT molecular complexity index is 2900. The molecule has 81 heavy (non-hydrogen) atoms. The number of pyridine rings is 1. The summed E-state index contributed by atoms with van der Waals surface area (Å²) in [6, 6.07) is 6.02. The number of carboxylic acids is 3. The second-order valence-electron chi connectivity index (χ2n) is 18.3. The summed E-state index contributed by atoms with van der Waals surface area (Å²) in [5, 5.41) is 53.7. The number of nitroso groups, excluding NO2 is 1. The molecule has 0 unspecified atom stereocenters. The molecule has 2 aromatic carbocycles. The van der Waals surface area contributed by atoms with Gasteiger partial charge in [0.1, 0.15) is 42.0 Å². The fraction of sp³-hybridized carbons (Fsp3) is 0.460. The van der Waals surface area contributed by atoms with Crippen LogP contribution in [0.5, 0.6) is 5.75 Å². The summed E-state index contributed by atoms with van der Waals surface area (Å²) >= 11 is 8.15. The highest BCUT2D eigenvalue weighted by Gasteiger charge is 2.47. The molecule has 1 fully saturated rings. The van der Waals surface area contributed by atoms with Crippen LogP contribution in [0.4, 0.5) is 8.78 Å². The van der Waals surface area contributed by atoms with Gasteiger partial charge in [-0.15, -0.1) is 0 Å². The Hall–Kier alpha value is -8.53. The van der Waals surface area contributed by atoms with E-state index in [4.69, 9.17) is 9.84 Å². The van der Waals surface area contributed by atoms with Crippen LogP contribution in [0.2, 0.25) is 0 Å². The molecule has 0 bridgehead atoms. The third kappa shape index (κ3) is 20.9. The van der Waals surface area contributed by atoms with Gasteiger partial charge in [-0.3, -0.25) is 57.7 Å². The molecule has 3 aromatic rings. The third-order valence-corrected chi connectivity index (χ3v) is 12.8. The molecule has 436 valence electrons. The largest absolute Gasteiger partial charge is 0.487 e. The number of amides is 8. The van der Waals surface area contributed by atoms with Crippen LogP contribution >= 0.6 is 25.3 Å². The lowest BCUT2D eigenvalue weighted by Gasteiger charge is -2.26. The first kappa shape index (κ1) is 65.0. The fourth-order valence-electron chi connectivity index (χ4n) is 7.95. The lowest BCUT2D eigenvalue weighted by atomic mass is 10.0. The van der Waals surface area contributed by atoms with Crippen LogP contribution < -0.4 is 42.0 Å². The summed E-state index contributed by atoms with van der Waals surface area (Å²) in [5.41, 5.74) is 1.96. The van der Waals surface area contributed by atoms with Gasteiger partial charge in [0, 0.05) is 65.4 Å². The van der Waals surface area contributed by atoms with Gasteiger partial charge < -0.3 is 62.2 Å². The maximum Gasteiger partial charge on any atom is 0.303 e. The molecule has 0 aliphatic carbocycles. The summed E-state index contributed by atoms with van der Waals surface area (Å²) in [7, 11) is 0. The number of carbonyl (C=O) groups is 11. The van der Waals surface area contributed by atoms with Crippen molar-refractivity contribution in [2.24, 2.45) is 0 Å². The highest BCUT2D eigenvalue weighted by molar-refractivity contribution is 7.80. The minimum absolute atomic E-state index is 0.103. The lowest BCUT2D eigenvalue weighted by Crippen LogP contribution is -2.60. The number of aromatic nitrogens is 1. The van der Waals surface area contributed by atoms with Crippen LogP contribution in [0, 0.1) is 16.2 Å². The van der Waals surface area contributed by atoms with Gasteiger partial charge in [-0.25, -0.2) is 8.78 Å². The van der Waals surface area contributed by atoms with E-state index in [2.05, 4.69) is 67.5 Å². The number of carbonyl (C=O) groups excluding carboxylic acids is 8. The average molecular weight is 1170 g/mol. The number of hydrogen-bond acceptors (Lipinski definition) is 17. The van der Waals surface area contributed by atoms with Gasteiger partial charge in [-0.1, -0.05) is 18.2 Å².